The summed E-state index contributed by atoms with van der Waals surface area (Å²) in [5.41, 5.74) is 2.37. The Bertz CT molecular complexity index is 927. The maximum absolute atomic E-state index is 13.4. The van der Waals surface area contributed by atoms with Crippen LogP contribution in [0.4, 0.5) is 4.39 Å². The van der Waals surface area contributed by atoms with Crippen LogP contribution in [0.25, 0.3) is 0 Å². The van der Waals surface area contributed by atoms with Crippen LogP contribution in [0.15, 0.2) is 53.6 Å². The molecule has 0 saturated heterocycles. The summed E-state index contributed by atoms with van der Waals surface area (Å²) in [5, 5.41) is 5.97. The molecule has 1 heterocycles. The van der Waals surface area contributed by atoms with Crippen molar-refractivity contribution in [2.75, 3.05) is 20.7 Å². The van der Waals surface area contributed by atoms with Crippen LogP contribution in [0.3, 0.4) is 0 Å². The molecule has 0 N–H and O–H groups in total. The monoisotopic (exact) mass is 397 g/mol. The van der Waals surface area contributed by atoms with E-state index < -0.39 is 0 Å². The van der Waals surface area contributed by atoms with Crippen LogP contribution in [-0.2, 0) is 9.59 Å². The summed E-state index contributed by atoms with van der Waals surface area (Å²) in [6, 6.07) is 13.2. The molecule has 1 atom stereocenters. The van der Waals surface area contributed by atoms with Gasteiger partial charge >= 0.3 is 0 Å². The highest BCUT2D eigenvalue weighted by Crippen LogP contribution is 2.33. The average Bonchev–Trinajstić information content (AvgIpc) is 3.19. The molecule has 0 spiro atoms. The maximum Gasteiger partial charge on any atom is 0.262 e. The summed E-state index contributed by atoms with van der Waals surface area (Å²) in [6.45, 7) is 1.68. The van der Waals surface area contributed by atoms with Crippen molar-refractivity contribution in [3.05, 3.63) is 65.5 Å². The number of halogens is 1. The van der Waals surface area contributed by atoms with Crippen molar-refractivity contribution in [2.45, 2.75) is 25.8 Å². The van der Waals surface area contributed by atoms with E-state index in [-0.39, 0.29) is 30.2 Å². The van der Waals surface area contributed by atoms with Gasteiger partial charge in [0.1, 0.15) is 18.1 Å². The van der Waals surface area contributed by atoms with Gasteiger partial charge < -0.3 is 9.64 Å². The predicted octanol–water partition coefficient (Wildman–Crippen LogP) is 3.38. The van der Waals surface area contributed by atoms with Crippen LogP contribution < -0.4 is 4.74 Å². The summed E-state index contributed by atoms with van der Waals surface area (Å²) in [6.07, 6.45) is 0.805. The van der Waals surface area contributed by atoms with E-state index in [0.29, 0.717) is 18.6 Å². The fourth-order valence-corrected chi connectivity index (χ4v) is 3.30. The molecule has 6 nitrogen and oxygen atoms in total. The zero-order valence-electron chi connectivity index (χ0n) is 16.8. The van der Waals surface area contributed by atoms with E-state index in [9.17, 15) is 14.0 Å². The molecule has 0 radical (unpaired) electrons. The van der Waals surface area contributed by atoms with Gasteiger partial charge in [0.2, 0.25) is 5.91 Å². The highest BCUT2D eigenvalue weighted by atomic mass is 19.1. The summed E-state index contributed by atoms with van der Waals surface area (Å²) in [4.78, 5) is 26.2. The van der Waals surface area contributed by atoms with Crippen molar-refractivity contribution in [3.8, 4) is 5.75 Å². The summed E-state index contributed by atoms with van der Waals surface area (Å²) in [5.74, 6) is -0.0529. The van der Waals surface area contributed by atoms with Gasteiger partial charge in [0.05, 0.1) is 18.9 Å². The second kappa shape index (κ2) is 8.86. The topological polar surface area (TPSA) is 62.2 Å². The Hall–Kier alpha value is -3.22. The Kier molecular flexibility index (Phi) is 6.26. The highest BCUT2D eigenvalue weighted by Gasteiger charge is 2.33. The minimum absolute atomic E-state index is 0.0702. The summed E-state index contributed by atoms with van der Waals surface area (Å²) < 4.78 is 18.7. The number of benzene rings is 2. The lowest BCUT2D eigenvalue weighted by molar-refractivity contribution is -0.140. The van der Waals surface area contributed by atoms with Gasteiger partial charge in [0.25, 0.3) is 5.91 Å². The minimum atomic E-state index is -0.366. The highest BCUT2D eigenvalue weighted by molar-refractivity contribution is 6.03. The lowest BCUT2D eigenvalue weighted by Gasteiger charge is -2.24. The first kappa shape index (κ1) is 20.5. The second-order valence-corrected chi connectivity index (χ2v) is 6.89. The molecule has 0 unspecified atom stereocenters. The third-order valence-electron chi connectivity index (χ3n) is 4.92. The van der Waals surface area contributed by atoms with E-state index in [2.05, 4.69) is 5.10 Å². The van der Waals surface area contributed by atoms with Gasteiger partial charge in [0, 0.05) is 25.5 Å². The molecule has 2 aromatic rings. The molecule has 3 rings (SSSR count). The van der Waals surface area contributed by atoms with Crippen molar-refractivity contribution in [1.29, 1.82) is 0 Å². The number of nitrogens with zero attached hydrogens (tertiary/aromatic N) is 3. The van der Waals surface area contributed by atoms with Crippen LogP contribution in [0, 0.1) is 5.82 Å². The molecule has 2 aromatic carbocycles. The molecule has 152 valence electrons. The molecule has 29 heavy (non-hydrogen) atoms. The van der Waals surface area contributed by atoms with Gasteiger partial charge in [-0.1, -0.05) is 31.2 Å². The first-order valence-corrected chi connectivity index (χ1v) is 9.46. The van der Waals surface area contributed by atoms with Crippen molar-refractivity contribution in [3.63, 3.8) is 0 Å². The summed E-state index contributed by atoms with van der Waals surface area (Å²) >= 11 is 0. The Morgan fingerprint density at radius 3 is 2.62 bits per heavy atom. The van der Waals surface area contributed by atoms with Gasteiger partial charge in [-0.2, -0.15) is 5.10 Å². The third kappa shape index (κ3) is 4.62. The first-order valence-electron chi connectivity index (χ1n) is 9.46. The number of hydrazone groups is 1. The van der Waals surface area contributed by atoms with E-state index in [4.69, 9.17) is 4.74 Å². The molecular formula is C22H24FN3O3. The van der Waals surface area contributed by atoms with Crippen LogP contribution in [-0.4, -0.2) is 48.1 Å². The van der Waals surface area contributed by atoms with E-state index in [1.807, 2.05) is 24.3 Å². The number of hydrogen-bond acceptors (Lipinski definition) is 4. The molecule has 0 aliphatic carbocycles. The van der Waals surface area contributed by atoms with Crippen molar-refractivity contribution in [1.82, 2.24) is 9.91 Å². The van der Waals surface area contributed by atoms with E-state index in [1.54, 1.807) is 33.2 Å². The largest absolute Gasteiger partial charge is 0.497 e. The first-order chi connectivity index (χ1) is 13.9. The maximum atomic E-state index is 13.4. The Balaban J connectivity index is 1.91. The number of methoxy groups -OCH3 is 1. The number of ether oxygens (including phenoxy) is 1. The number of rotatable bonds is 6. The number of amides is 2. The SMILES string of the molecule is CCC(=O)N(C)CC(=O)N1N=C(c2cccc(OC)c2)C[C@@H]1c1ccc(F)cc1. The van der Waals surface area contributed by atoms with Crippen molar-refractivity contribution in [2.24, 2.45) is 5.10 Å². The Morgan fingerprint density at radius 1 is 1.24 bits per heavy atom. The second-order valence-electron chi connectivity index (χ2n) is 6.89. The molecule has 7 heteroatoms. The standard InChI is InChI=1S/C22H24FN3O3/c1-4-21(27)25(2)14-22(28)26-20(15-8-10-17(23)11-9-15)13-19(24-26)16-6-5-7-18(12-16)29-3/h5-12,20H,4,13-14H2,1-3H3/t20-/m1/s1. The zero-order valence-corrected chi connectivity index (χ0v) is 16.8. The zero-order chi connectivity index (χ0) is 21.0. The van der Waals surface area contributed by atoms with E-state index in [1.165, 1.54) is 22.0 Å². The number of carbonyl (C=O) groups is 2. The number of carbonyl (C=O) groups excluding carboxylic acids is 2. The van der Waals surface area contributed by atoms with Crippen LogP contribution in [0.5, 0.6) is 5.75 Å². The van der Waals surface area contributed by atoms with Crippen LogP contribution >= 0.6 is 0 Å². The van der Waals surface area contributed by atoms with Crippen LogP contribution in [0.1, 0.15) is 36.9 Å². The molecule has 1 aliphatic heterocycles. The van der Waals surface area contributed by atoms with E-state index >= 15 is 0 Å². The average molecular weight is 397 g/mol. The lowest BCUT2D eigenvalue weighted by Crippen LogP contribution is -2.39. The van der Waals surface area contributed by atoms with Gasteiger partial charge in [0.15, 0.2) is 0 Å². The summed E-state index contributed by atoms with van der Waals surface area (Å²) in [7, 11) is 3.19. The van der Waals surface area contributed by atoms with Crippen molar-refractivity contribution < 1.29 is 18.7 Å². The molecule has 0 bridgehead atoms. The molecule has 1 aliphatic rings. The fraction of sp³-hybridized carbons (Fsp3) is 0.318. The molecule has 0 aromatic heterocycles. The third-order valence-corrected chi connectivity index (χ3v) is 4.92. The molecule has 0 saturated carbocycles. The molecule has 2 amide bonds. The molecule has 0 fully saturated rings. The predicted molar refractivity (Wildman–Crippen MR) is 108 cm³/mol. The lowest BCUT2D eigenvalue weighted by atomic mass is 9.98. The number of likely N-dealkylation sites (N-methyl/N-ethyl adjacent to an activating group) is 1. The Labute approximate surface area is 169 Å². The van der Waals surface area contributed by atoms with Crippen LogP contribution in [0.2, 0.25) is 0 Å². The van der Waals surface area contributed by atoms with E-state index in [0.717, 1.165) is 16.8 Å². The normalized spacial score (nSPS) is 15.8. The molecular weight excluding hydrogens is 373 g/mol. The Morgan fingerprint density at radius 2 is 1.97 bits per heavy atom. The smallest absolute Gasteiger partial charge is 0.262 e. The minimum Gasteiger partial charge on any atom is -0.497 e. The fourth-order valence-electron chi connectivity index (χ4n) is 3.30. The quantitative estimate of drug-likeness (QED) is 0.751. The van der Waals surface area contributed by atoms with Gasteiger partial charge in [-0.25, -0.2) is 9.40 Å². The van der Waals surface area contributed by atoms with Gasteiger partial charge in [-0.3, -0.25) is 9.59 Å². The number of hydrogen-bond donors (Lipinski definition) is 0. The van der Waals surface area contributed by atoms with Crippen molar-refractivity contribution >= 4 is 17.5 Å². The van der Waals surface area contributed by atoms with Gasteiger partial charge in [-0.15, -0.1) is 0 Å². The van der Waals surface area contributed by atoms with Gasteiger partial charge in [-0.05, 0) is 29.8 Å².